The summed E-state index contributed by atoms with van der Waals surface area (Å²) in [7, 11) is 0. The highest BCUT2D eigenvalue weighted by Gasteiger charge is 2.30. The smallest absolute Gasteiger partial charge is 0.138 e. The van der Waals surface area contributed by atoms with Gasteiger partial charge in [-0.05, 0) is 105 Å². The molecule has 5 nitrogen and oxygen atoms in total. The van der Waals surface area contributed by atoms with Gasteiger partial charge in [0.05, 0.1) is 22.9 Å². The number of ether oxygens (including phenoxy) is 1. The molecule has 0 saturated heterocycles. The Labute approximate surface area is 363 Å². The summed E-state index contributed by atoms with van der Waals surface area (Å²) < 4.78 is 11.2. The van der Waals surface area contributed by atoms with E-state index in [2.05, 4.69) is 211 Å². The van der Waals surface area contributed by atoms with Gasteiger partial charge in [-0.15, -0.1) is 0 Å². The van der Waals surface area contributed by atoms with E-state index in [1.165, 1.54) is 44.3 Å². The largest absolute Gasteiger partial charge is 0.457 e. The van der Waals surface area contributed by atoms with Gasteiger partial charge in [0.25, 0.3) is 0 Å². The van der Waals surface area contributed by atoms with E-state index in [4.69, 9.17) is 14.8 Å². The van der Waals surface area contributed by atoms with Crippen LogP contribution in [0.5, 0.6) is 11.5 Å². The van der Waals surface area contributed by atoms with Gasteiger partial charge < -0.3 is 4.74 Å². The van der Waals surface area contributed by atoms with Gasteiger partial charge in [0.1, 0.15) is 17.3 Å². The third kappa shape index (κ3) is 8.15. The Bertz CT molecular complexity index is 2890. The fourth-order valence-electron chi connectivity index (χ4n) is 8.76. The molecule has 0 aliphatic heterocycles. The SMILES string of the molecule is Cc1cc(C)cc(-c2cnn(-c3ccc(C(C)(C)C)c(Oc4ccc5c6ccccc6n(-c6cc(-c7c(C(C)(C)C)cc(C(C)(C)C)cc7C(C)(C)C)ccn6)c5c4)c3)c2)c1. The molecule has 0 radical (unpaired) electrons. The molecule has 0 atom stereocenters. The van der Waals surface area contributed by atoms with Crippen LogP contribution in [0.4, 0.5) is 0 Å². The van der Waals surface area contributed by atoms with Crippen molar-refractivity contribution >= 4 is 21.8 Å². The maximum absolute atomic E-state index is 6.98. The Morgan fingerprint density at radius 1 is 0.525 bits per heavy atom. The van der Waals surface area contributed by atoms with Crippen LogP contribution in [-0.2, 0) is 21.7 Å². The Kier molecular flexibility index (Phi) is 10.2. The van der Waals surface area contributed by atoms with Crippen LogP contribution in [0.15, 0.2) is 122 Å². The first-order chi connectivity index (χ1) is 28.6. The lowest BCUT2D eigenvalue weighted by Gasteiger charge is -2.34. The van der Waals surface area contributed by atoms with Crippen molar-refractivity contribution in [2.24, 2.45) is 0 Å². The fraction of sp³-hybridized carbons (Fsp3) is 0.321. The van der Waals surface area contributed by atoms with Crippen LogP contribution in [-0.4, -0.2) is 19.3 Å². The molecule has 0 spiro atoms. The second kappa shape index (κ2) is 14.9. The van der Waals surface area contributed by atoms with Gasteiger partial charge in [0, 0.05) is 46.4 Å². The van der Waals surface area contributed by atoms with Gasteiger partial charge in [-0.3, -0.25) is 4.57 Å². The summed E-state index contributed by atoms with van der Waals surface area (Å²) in [6.45, 7) is 31.9. The summed E-state index contributed by atoms with van der Waals surface area (Å²) >= 11 is 0. The first-order valence-corrected chi connectivity index (χ1v) is 21.7. The van der Waals surface area contributed by atoms with E-state index in [1.54, 1.807) is 0 Å². The van der Waals surface area contributed by atoms with Crippen LogP contribution >= 0.6 is 0 Å². The number of pyridine rings is 1. The van der Waals surface area contributed by atoms with Crippen molar-refractivity contribution in [2.75, 3.05) is 0 Å². The molecule has 0 N–H and O–H groups in total. The second-order valence-corrected chi connectivity index (χ2v) is 21.2. The summed E-state index contributed by atoms with van der Waals surface area (Å²) in [6, 6.07) is 37.5. The first kappa shape index (κ1) is 41.8. The summed E-state index contributed by atoms with van der Waals surface area (Å²) in [5.74, 6) is 2.43. The normalized spacial score (nSPS) is 12.8. The first-order valence-electron chi connectivity index (χ1n) is 21.7. The van der Waals surface area contributed by atoms with E-state index in [1.807, 2.05) is 17.1 Å². The summed E-state index contributed by atoms with van der Waals surface area (Å²) in [6.07, 6.45) is 6.02. The van der Waals surface area contributed by atoms with Crippen molar-refractivity contribution in [1.29, 1.82) is 0 Å². The summed E-state index contributed by atoms with van der Waals surface area (Å²) in [4.78, 5) is 5.10. The molecule has 312 valence electrons. The van der Waals surface area contributed by atoms with Crippen LogP contribution in [0.3, 0.4) is 0 Å². The fourth-order valence-corrected chi connectivity index (χ4v) is 8.76. The van der Waals surface area contributed by atoms with E-state index in [0.29, 0.717) is 0 Å². The number of hydrogen-bond donors (Lipinski definition) is 0. The number of benzene rings is 5. The Hall–Kier alpha value is -5.94. The average Bonchev–Trinajstić information content (AvgIpc) is 3.79. The molecule has 8 aromatic rings. The topological polar surface area (TPSA) is 44.9 Å². The second-order valence-electron chi connectivity index (χ2n) is 21.2. The van der Waals surface area contributed by atoms with Crippen LogP contribution in [0.25, 0.3) is 55.6 Å². The van der Waals surface area contributed by atoms with Crippen LogP contribution < -0.4 is 4.74 Å². The average molecular weight is 807 g/mol. The van der Waals surface area contributed by atoms with E-state index < -0.39 is 0 Å². The molecule has 0 aliphatic rings. The van der Waals surface area contributed by atoms with Gasteiger partial charge in [-0.1, -0.05) is 149 Å². The van der Waals surface area contributed by atoms with Gasteiger partial charge >= 0.3 is 0 Å². The molecule has 0 aliphatic carbocycles. The number of aromatic nitrogens is 4. The molecule has 3 heterocycles. The third-order valence-electron chi connectivity index (χ3n) is 11.9. The zero-order chi connectivity index (χ0) is 43.8. The Morgan fingerprint density at radius 2 is 1.16 bits per heavy atom. The highest BCUT2D eigenvalue weighted by atomic mass is 16.5. The highest BCUT2D eigenvalue weighted by molar-refractivity contribution is 6.09. The van der Waals surface area contributed by atoms with Crippen molar-refractivity contribution in [1.82, 2.24) is 19.3 Å². The van der Waals surface area contributed by atoms with Crippen molar-refractivity contribution in [3.63, 3.8) is 0 Å². The number of rotatable bonds is 6. The predicted molar refractivity (Wildman–Crippen MR) is 257 cm³/mol. The van der Waals surface area contributed by atoms with E-state index in [0.717, 1.165) is 56.1 Å². The van der Waals surface area contributed by atoms with Crippen molar-refractivity contribution in [2.45, 2.75) is 119 Å². The molecule has 0 saturated carbocycles. The molecule has 0 amide bonds. The maximum Gasteiger partial charge on any atom is 0.138 e. The minimum Gasteiger partial charge on any atom is -0.457 e. The lowest BCUT2D eigenvalue weighted by Crippen LogP contribution is -2.23. The van der Waals surface area contributed by atoms with Gasteiger partial charge in [0.2, 0.25) is 0 Å². The zero-order valence-electron chi connectivity index (χ0n) is 38.7. The molecular weight excluding hydrogens is 745 g/mol. The van der Waals surface area contributed by atoms with E-state index in [-0.39, 0.29) is 21.7 Å². The van der Waals surface area contributed by atoms with Crippen LogP contribution in [0, 0.1) is 13.8 Å². The predicted octanol–water partition coefficient (Wildman–Crippen LogP) is 15.3. The number of aryl methyl sites for hydroxylation is 2. The Morgan fingerprint density at radius 3 is 1.80 bits per heavy atom. The molecule has 5 aromatic carbocycles. The number of para-hydroxylation sites is 1. The zero-order valence-corrected chi connectivity index (χ0v) is 38.7. The van der Waals surface area contributed by atoms with Crippen LogP contribution in [0.2, 0.25) is 0 Å². The lowest BCUT2D eigenvalue weighted by atomic mass is 9.71. The third-order valence-corrected chi connectivity index (χ3v) is 11.9. The minimum absolute atomic E-state index is 0.0171. The van der Waals surface area contributed by atoms with Gasteiger partial charge in [-0.2, -0.15) is 5.10 Å². The Balaban J connectivity index is 1.26. The summed E-state index contributed by atoms with van der Waals surface area (Å²) in [5, 5.41) is 7.13. The van der Waals surface area contributed by atoms with Crippen molar-refractivity contribution < 1.29 is 4.74 Å². The van der Waals surface area contributed by atoms with Gasteiger partial charge in [0.15, 0.2) is 0 Å². The summed E-state index contributed by atoms with van der Waals surface area (Å²) in [5.41, 5.74) is 15.2. The van der Waals surface area contributed by atoms with Crippen molar-refractivity contribution in [3.8, 4) is 45.3 Å². The molecule has 8 rings (SSSR count). The van der Waals surface area contributed by atoms with E-state index in [9.17, 15) is 0 Å². The molecule has 61 heavy (non-hydrogen) atoms. The van der Waals surface area contributed by atoms with Gasteiger partial charge in [-0.25, -0.2) is 9.67 Å². The monoisotopic (exact) mass is 806 g/mol. The number of nitrogens with zero attached hydrogens (tertiary/aromatic N) is 4. The molecule has 0 bridgehead atoms. The maximum atomic E-state index is 6.98. The van der Waals surface area contributed by atoms with Crippen LogP contribution in [0.1, 0.15) is 116 Å². The standard InChI is InChI=1S/C56H62N4O/c1-35-25-36(2)27-38(26-35)39-33-58-59(34-39)41-19-22-45(54(6,7)8)50(31-41)61-42-20-21-44-43-17-15-16-18-48(43)60(49(44)32-42)51-28-37(23-24-57-51)52-46(55(9,10)11)29-40(53(3,4)5)30-47(52)56(12,13)14/h15-34H,1-14H3. The minimum atomic E-state index is -0.158. The van der Waals surface area contributed by atoms with Crippen molar-refractivity contribution in [3.05, 3.63) is 155 Å². The molecular formula is C56H62N4O. The lowest BCUT2D eigenvalue weighted by molar-refractivity contribution is 0.455. The molecule has 0 unspecified atom stereocenters. The number of fused-ring (bicyclic) bond motifs is 3. The highest BCUT2D eigenvalue weighted by Crippen LogP contribution is 2.45. The molecule has 3 aromatic heterocycles. The quantitative estimate of drug-likeness (QED) is 0.168. The van der Waals surface area contributed by atoms with E-state index >= 15 is 0 Å². The number of hydrogen-bond acceptors (Lipinski definition) is 3. The molecule has 0 fully saturated rings. The molecule has 5 heteroatoms.